The van der Waals surface area contributed by atoms with Crippen LogP contribution in [0.1, 0.15) is 28.3 Å². The molecule has 2 amide bonds. The van der Waals surface area contributed by atoms with E-state index in [0.29, 0.717) is 26.2 Å². The van der Waals surface area contributed by atoms with Crippen molar-refractivity contribution in [2.75, 3.05) is 26.2 Å². The average molecular weight is 405 g/mol. The van der Waals surface area contributed by atoms with E-state index in [9.17, 15) is 18.4 Å². The van der Waals surface area contributed by atoms with E-state index >= 15 is 0 Å². The lowest BCUT2D eigenvalue weighted by atomic mass is 10.1. The fourth-order valence-electron chi connectivity index (χ4n) is 3.74. The molecule has 2 fully saturated rings. The molecule has 0 spiro atoms. The number of amides is 2. The van der Waals surface area contributed by atoms with Gasteiger partial charge in [0.05, 0.1) is 10.6 Å². The summed E-state index contributed by atoms with van der Waals surface area (Å²) in [7, 11) is 0. The minimum absolute atomic E-state index is 0.0701. The number of hydrogen-bond donors (Lipinski definition) is 0. The van der Waals surface area contributed by atoms with E-state index in [1.807, 2.05) is 0 Å². The molecule has 4 nitrogen and oxygen atoms in total. The van der Waals surface area contributed by atoms with Crippen LogP contribution in [-0.4, -0.2) is 47.8 Å². The second-order valence-electron chi connectivity index (χ2n) is 7.24. The Morgan fingerprint density at radius 3 is 2.14 bits per heavy atom. The van der Waals surface area contributed by atoms with Crippen molar-refractivity contribution in [2.24, 2.45) is 5.92 Å². The zero-order valence-electron chi connectivity index (χ0n) is 15.1. The largest absolute Gasteiger partial charge is 0.339 e. The first-order chi connectivity index (χ1) is 13.4. The Labute approximate surface area is 166 Å². The van der Waals surface area contributed by atoms with Crippen molar-refractivity contribution in [3.05, 3.63) is 70.2 Å². The van der Waals surface area contributed by atoms with E-state index in [0.717, 1.165) is 18.1 Å². The van der Waals surface area contributed by atoms with Crippen molar-refractivity contribution in [3.63, 3.8) is 0 Å². The van der Waals surface area contributed by atoms with E-state index in [-0.39, 0.29) is 40.1 Å². The lowest BCUT2D eigenvalue weighted by molar-refractivity contribution is -0.134. The molecule has 0 N–H and O–H groups in total. The molecule has 2 aromatic carbocycles. The van der Waals surface area contributed by atoms with Crippen LogP contribution in [0.3, 0.4) is 0 Å². The molecule has 2 aliphatic rings. The van der Waals surface area contributed by atoms with Crippen LogP contribution in [0.5, 0.6) is 0 Å². The minimum atomic E-state index is -0.489. The van der Waals surface area contributed by atoms with Gasteiger partial charge in [-0.1, -0.05) is 23.7 Å². The van der Waals surface area contributed by atoms with E-state index in [2.05, 4.69) is 0 Å². The van der Waals surface area contributed by atoms with Crippen LogP contribution in [0.25, 0.3) is 0 Å². The van der Waals surface area contributed by atoms with Gasteiger partial charge in [0, 0.05) is 32.1 Å². The van der Waals surface area contributed by atoms with Gasteiger partial charge in [-0.15, -0.1) is 0 Å². The molecule has 1 saturated heterocycles. The maximum atomic E-state index is 13.2. The van der Waals surface area contributed by atoms with Crippen LogP contribution >= 0.6 is 11.6 Å². The molecule has 0 radical (unpaired) electrons. The Morgan fingerprint density at radius 1 is 0.893 bits per heavy atom. The number of halogens is 3. The molecule has 2 unspecified atom stereocenters. The van der Waals surface area contributed by atoms with Crippen LogP contribution in [0, 0.1) is 17.6 Å². The van der Waals surface area contributed by atoms with Crippen molar-refractivity contribution in [2.45, 2.75) is 12.3 Å². The molecular weight excluding hydrogens is 386 g/mol. The topological polar surface area (TPSA) is 40.6 Å². The maximum Gasteiger partial charge on any atom is 0.255 e. The van der Waals surface area contributed by atoms with Crippen LogP contribution in [0.4, 0.5) is 8.78 Å². The van der Waals surface area contributed by atoms with Gasteiger partial charge in [-0.25, -0.2) is 8.78 Å². The third kappa shape index (κ3) is 3.74. The number of hydrogen-bond acceptors (Lipinski definition) is 2. The smallest absolute Gasteiger partial charge is 0.255 e. The quantitative estimate of drug-likeness (QED) is 0.782. The molecule has 0 aromatic heterocycles. The zero-order chi connectivity index (χ0) is 19.8. The molecule has 7 heteroatoms. The van der Waals surface area contributed by atoms with Crippen LogP contribution in [-0.2, 0) is 4.79 Å². The summed E-state index contributed by atoms with van der Waals surface area (Å²) in [5.41, 5.74) is 1.25. The van der Waals surface area contributed by atoms with Gasteiger partial charge in [-0.2, -0.15) is 0 Å². The Bertz CT molecular complexity index is 911. The molecule has 1 saturated carbocycles. The molecule has 1 aliphatic heterocycles. The molecule has 2 atom stereocenters. The van der Waals surface area contributed by atoms with Crippen molar-refractivity contribution < 1.29 is 18.4 Å². The first kappa shape index (κ1) is 18.9. The van der Waals surface area contributed by atoms with Gasteiger partial charge < -0.3 is 9.80 Å². The average Bonchev–Trinajstić information content (AvgIpc) is 3.48. The fourth-order valence-corrected chi connectivity index (χ4v) is 3.99. The van der Waals surface area contributed by atoms with Crippen molar-refractivity contribution in [3.8, 4) is 0 Å². The predicted octanol–water partition coefficient (Wildman–Crippen LogP) is 3.71. The summed E-state index contributed by atoms with van der Waals surface area (Å²) in [4.78, 5) is 28.8. The van der Waals surface area contributed by atoms with Crippen molar-refractivity contribution >= 4 is 23.4 Å². The van der Waals surface area contributed by atoms with Crippen molar-refractivity contribution in [1.29, 1.82) is 0 Å². The van der Waals surface area contributed by atoms with Gasteiger partial charge in [0.2, 0.25) is 5.91 Å². The SMILES string of the molecule is O=C(c1ccc(F)cc1Cl)N1CCN(C(=O)C2CC2c2ccc(F)cc2)CC1. The molecule has 4 rings (SSSR count). The summed E-state index contributed by atoms with van der Waals surface area (Å²) < 4.78 is 26.2. The van der Waals surface area contributed by atoms with E-state index < -0.39 is 5.82 Å². The molecule has 28 heavy (non-hydrogen) atoms. The second kappa shape index (κ2) is 7.51. The van der Waals surface area contributed by atoms with Gasteiger partial charge in [-0.3, -0.25) is 9.59 Å². The summed E-state index contributed by atoms with van der Waals surface area (Å²) in [5, 5.41) is 0.0867. The highest BCUT2D eigenvalue weighted by atomic mass is 35.5. The monoisotopic (exact) mass is 404 g/mol. The Kier molecular flexibility index (Phi) is 5.06. The highest BCUT2D eigenvalue weighted by Crippen LogP contribution is 2.48. The Morgan fingerprint density at radius 2 is 1.50 bits per heavy atom. The third-order valence-electron chi connectivity index (χ3n) is 5.45. The Hall–Kier alpha value is -2.47. The number of nitrogens with zero attached hydrogens (tertiary/aromatic N) is 2. The van der Waals surface area contributed by atoms with Gasteiger partial charge in [-0.05, 0) is 48.2 Å². The summed E-state index contributed by atoms with van der Waals surface area (Å²) in [6.07, 6.45) is 0.773. The predicted molar refractivity (Wildman–Crippen MR) is 101 cm³/mol. The Balaban J connectivity index is 1.33. The maximum absolute atomic E-state index is 13.2. The number of piperazine rings is 1. The molecule has 0 bridgehead atoms. The first-order valence-corrected chi connectivity index (χ1v) is 9.60. The van der Waals surface area contributed by atoms with E-state index in [1.165, 1.54) is 24.3 Å². The van der Waals surface area contributed by atoms with Gasteiger partial charge in [0.1, 0.15) is 11.6 Å². The van der Waals surface area contributed by atoms with Gasteiger partial charge in [0.25, 0.3) is 5.91 Å². The number of carbonyl (C=O) groups is 2. The third-order valence-corrected chi connectivity index (χ3v) is 5.76. The zero-order valence-corrected chi connectivity index (χ0v) is 15.8. The highest BCUT2D eigenvalue weighted by Gasteiger charge is 2.46. The molecule has 1 aliphatic carbocycles. The lowest BCUT2D eigenvalue weighted by Crippen LogP contribution is -2.51. The molecule has 1 heterocycles. The van der Waals surface area contributed by atoms with Gasteiger partial charge in [0.15, 0.2) is 0 Å². The first-order valence-electron chi connectivity index (χ1n) is 9.22. The van der Waals surface area contributed by atoms with Crippen LogP contribution < -0.4 is 0 Å². The van der Waals surface area contributed by atoms with Crippen LogP contribution in [0.2, 0.25) is 5.02 Å². The molecular formula is C21H19ClF2N2O2. The van der Waals surface area contributed by atoms with Crippen LogP contribution in [0.15, 0.2) is 42.5 Å². The standard InChI is InChI=1S/C21H19ClF2N2O2/c22-19-11-15(24)5-6-16(19)20(27)25-7-9-26(10-8-25)21(28)18-12-17(18)13-1-3-14(23)4-2-13/h1-6,11,17-18H,7-10,12H2. The summed E-state index contributed by atoms with van der Waals surface area (Å²) in [6, 6.07) is 10.0. The van der Waals surface area contributed by atoms with E-state index in [1.54, 1.807) is 21.9 Å². The number of carbonyl (C=O) groups excluding carboxylic acids is 2. The van der Waals surface area contributed by atoms with Crippen molar-refractivity contribution in [1.82, 2.24) is 9.80 Å². The normalized spacial score (nSPS) is 21.5. The number of rotatable bonds is 3. The summed E-state index contributed by atoms with van der Waals surface area (Å²) in [5.74, 6) is -0.870. The minimum Gasteiger partial charge on any atom is -0.339 e. The fraction of sp³-hybridized carbons (Fsp3) is 0.333. The summed E-state index contributed by atoms with van der Waals surface area (Å²) >= 11 is 5.98. The highest BCUT2D eigenvalue weighted by molar-refractivity contribution is 6.33. The number of benzene rings is 2. The summed E-state index contributed by atoms with van der Waals surface area (Å²) in [6.45, 7) is 1.73. The van der Waals surface area contributed by atoms with Gasteiger partial charge >= 0.3 is 0 Å². The molecule has 146 valence electrons. The lowest BCUT2D eigenvalue weighted by Gasteiger charge is -2.35. The van der Waals surface area contributed by atoms with E-state index in [4.69, 9.17) is 11.6 Å². The second-order valence-corrected chi connectivity index (χ2v) is 7.65. The molecule has 2 aromatic rings.